The number of aromatic carboxylic acids is 1. The van der Waals surface area contributed by atoms with Crippen molar-refractivity contribution in [3.8, 4) is 5.75 Å². The van der Waals surface area contributed by atoms with Gasteiger partial charge in [0.2, 0.25) is 5.91 Å². The molecular weight excluding hydrogens is 441 g/mol. The van der Waals surface area contributed by atoms with E-state index in [1.807, 2.05) is 4.57 Å². The highest BCUT2D eigenvalue weighted by Crippen LogP contribution is 2.32. The highest BCUT2D eigenvalue weighted by Gasteiger charge is 2.26. The Bertz CT molecular complexity index is 1310. The first-order valence-electron chi connectivity index (χ1n) is 11.2. The van der Waals surface area contributed by atoms with Crippen molar-refractivity contribution in [3.05, 3.63) is 65.2 Å². The van der Waals surface area contributed by atoms with Gasteiger partial charge in [0.05, 0.1) is 35.8 Å². The van der Waals surface area contributed by atoms with Gasteiger partial charge >= 0.3 is 5.97 Å². The molecule has 0 radical (unpaired) electrons. The molecule has 5 rings (SSSR count). The van der Waals surface area contributed by atoms with E-state index in [1.165, 1.54) is 24.3 Å². The molecule has 1 atom stereocenters. The number of halogens is 1. The number of hydrogen-bond donors (Lipinski definition) is 2. The molecule has 0 saturated carbocycles. The van der Waals surface area contributed by atoms with Gasteiger partial charge < -0.3 is 24.4 Å². The molecule has 0 unspecified atom stereocenters. The molecule has 1 aromatic heterocycles. The minimum Gasteiger partial charge on any atom is -0.504 e. The predicted molar refractivity (Wildman–Crippen MR) is 122 cm³/mol. The normalized spacial score (nSPS) is 18.5. The Morgan fingerprint density at radius 3 is 2.85 bits per heavy atom. The van der Waals surface area contributed by atoms with E-state index < -0.39 is 17.5 Å². The summed E-state index contributed by atoms with van der Waals surface area (Å²) >= 11 is 0. The molecule has 0 spiro atoms. The number of phenols is 1. The highest BCUT2D eigenvalue weighted by molar-refractivity contribution is 5.97. The van der Waals surface area contributed by atoms with Gasteiger partial charge in [-0.3, -0.25) is 4.79 Å². The fourth-order valence-electron chi connectivity index (χ4n) is 4.61. The molecule has 1 amide bonds. The van der Waals surface area contributed by atoms with Crippen molar-refractivity contribution < 1.29 is 28.9 Å². The molecule has 0 aliphatic carbocycles. The van der Waals surface area contributed by atoms with Crippen LogP contribution in [-0.2, 0) is 22.6 Å². The third kappa shape index (κ3) is 4.14. The van der Waals surface area contributed by atoms with Crippen LogP contribution < -0.4 is 0 Å². The van der Waals surface area contributed by atoms with Crippen LogP contribution in [0, 0.1) is 5.82 Å². The van der Waals surface area contributed by atoms with Gasteiger partial charge in [0.15, 0.2) is 11.6 Å². The van der Waals surface area contributed by atoms with Gasteiger partial charge in [0.1, 0.15) is 5.82 Å². The number of nitrogens with zero attached hydrogens (tertiary/aromatic N) is 3. The van der Waals surface area contributed by atoms with Crippen molar-refractivity contribution in [2.24, 2.45) is 0 Å². The number of carboxylic acids is 1. The summed E-state index contributed by atoms with van der Waals surface area (Å²) < 4.78 is 21.5. The molecule has 3 heterocycles. The Morgan fingerprint density at radius 2 is 2.12 bits per heavy atom. The second-order valence-corrected chi connectivity index (χ2v) is 8.60. The fraction of sp³-hybridized carbons (Fsp3) is 0.320. The van der Waals surface area contributed by atoms with E-state index in [0.29, 0.717) is 54.1 Å². The van der Waals surface area contributed by atoms with E-state index in [0.717, 1.165) is 12.8 Å². The summed E-state index contributed by atoms with van der Waals surface area (Å²) in [6.07, 6.45) is 3.76. The second-order valence-electron chi connectivity index (χ2n) is 8.60. The van der Waals surface area contributed by atoms with Crippen LogP contribution in [0.15, 0.2) is 42.5 Å². The van der Waals surface area contributed by atoms with Crippen LogP contribution in [0.1, 0.15) is 41.0 Å². The minimum atomic E-state index is -1.02. The zero-order valence-corrected chi connectivity index (χ0v) is 18.4. The number of imidazole rings is 1. The standard InChI is InChI=1S/C25H24FN3O5/c26-19-5-1-4-18(24(19)31)15-8-9-28(23(30)12-15)14-22-27-20-7-6-16(25(32)33)11-21(20)29(22)13-17-3-2-10-34-17/h1,4-7,11-12,17,31H,2-3,8-10,13-14H2,(H,32,33)/t17-/m0/s1. The van der Waals surface area contributed by atoms with Crippen LogP contribution in [0.5, 0.6) is 5.75 Å². The maximum Gasteiger partial charge on any atom is 0.335 e. The van der Waals surface area contributed by atoms with Crippen LogP contribution in [0.4, 0.5) is 4.39 Å². The van der Waals surface area contributed by atoms with Gasteiger partial charge in [0, 0.05) is 24.8 Å². The van der Waals surface area contributed by atoms with E-state index >= 15 is 0 Å². The van der Waals surface area contributed by atoms with Gasteiger partial charge in [-0.2, -0.15) is 0 Å². The van der Waals surface area contributed by atoms with Crippen LogP contribution >= 0.6 is 0 Å². The number of rotatable bonds is 6. The summed E-state index contributed by atoms with van der Waals surface area (Å²) in [5, 5.41) is 19.5. The van der Waals surface area contributed by atoms with Crippen LogP contribution in [0.25, 0.3) is 16.6 Å². The molecule has 0 bridgehead atoms. The lowest BCUT2D eigenvalue weighted by molar-refractivity contribution is -0.127. The summed E-state index contributed by atoms with van der Waals surface area (Å²) in [5.41, 5.74) is 2.42. The molecular formula is C25H24FN3O5. The SMILES string of the molecule is O=C(O)c1ccc2nc(CN3CCC(c4cccc(F)c4O)=CC3=O)n(C[C@@H]3CCCO3)c2c1. The number of amides is 1. The average Bonchev–Trinajstić information content (AvgIpc) is 3.45. The molecule has 2 aliphatic heterocycles. The lowest BCUT2D eigenvalue weighted by atomic mass is 9.98. The molecule has 2 aliphatic rings. The summed E-state index contributed by atoms with van der Waals surface area (Å²) in [7, 11) is 0. The molecule has 2 aromatic carbocycles. The van der Waals surface area contributed by atoms with E-state index in [1.54, 1.807) is 23.1 Å². The lowest BCUT2D eigenvalue weighted by Gasteiger charge is -2.27. The largest absolute Gasteiger partial charge is 0.504 e. The Hall–Kier alpha value is -3.72. The van der Waals surface area contributed by atoms with E-state index in [9.17, 15) is 24.2 Å². The Kier molecular flexibility index (Phi) is 5.79. The first-order chi connectivity index (χ1) is 16.4. The van der Waals surface area contributed by atoms with Gasteiger partial charge in [-0.25, -0.2) is 14.2 Å². The van der Waals surface area contributed by atoms with Crippen molar-refractivity contribution in [1.82, 2.24) is 14.5 Å². The third-order valence-electron chi connectivity index (χ3n) is 6.41. The maximum absolute atomic E-state index is 13.8. The summed E-state index contributed by atoms with van der Waals surface area (Å²) in [6.45, 7) is 1.83. The van der Waals surface area contributed by atoms with Crippen LogP contribution in [-0.4, -0.2) is 55.8 Å². The van der Waals surface area contributed by atoms with Gasteiger partial charge in [-0.15, -0.1) is 0 Å². The number of phenolic OH excluding ortho intramolecular Hbond substituents is 1. The maximum atomic E-state index is 13.8. The van der Waals surface area contributed by atoms with Gasteiger partial charge in [-0.1, -0.05) is 12.1 Å². The molecule has 34 heavy (non-hydrogen) atoms. The molecule has 1 saturated heterocycles. The Labute approximate surface area is 194 Å². The van der Waals surface area contributed by atoms with Crippen molar-refractivity contribution >= 4 is 28.5 Å². The second kappa shape index (κ2) is 8.90. The average molecular weight is 465 g/mol. The van der Waals surface area contributed by atoms with Gasteiger partial charge in [0.25, 0.3) is 0 Å². The number of aromatic nitrogens is 2. The van der Waals surface area contributed by atoms with Crippen molar-refractivity contribution in [2.75, 3.05) is 13.2 Å². The molecule has 9 heteroatoms. The molecule has 1 fully saturated rings. The number of aromatic hydroxyl groups is 1. The van der Waals surface area contributed by atoms with E-state index in [2.05, 4.69) is 0 Å². The Morgan fingerprint density at radius 1 is 1.26 bits per heavy atom. The van der Waals surface area contributed by atoms with Crippen molar-refractivity contribution in [3.63, 3.8) is 0 Å². The summed E-state index contributed by atoms with van der Waals surface area (Å²) in [4.78, 5) is 30.8. The number of para-hydroxylation sites is 1. The monoisotopic (exact) mass is 465 g/mol. The van der Waals surface area contributed by atoms with Crippen molar-refractivity contribution in [2.45, 2.75) is 38.5 Å². The zero-order valence-electron chi connectivity index (χ0n) is 18.4. The number of benzene rings is 2. The quantitative estimate of drug-likeness (QED) is 0.577. The van der Waals surface area contributed by atoms with E-state index in [4.69, 9.17) is 9.72 Å². The smallest absolute Gasteiger partial charge is 0.335 e. The number of fused-ring (bicyclic) bond motifs is 1. The fourth-order valence-corrected chi connectivity index (χ4v) is 4.61. The number of carbonyl (C=O) groups excluding carboxylic acids is 1. The number of ether oxygens (including phenoxy) is 1. The summed E-state index contributed by atoms with van der Waals surface area (Å²) in [5.74, 6) is -1.81. The number of carboxylic acid groups (broad SMARTS) is 1. The molecule has 3 aromatic rings. The molecule has 8 nitrogen and oxygen atoms in total. The number of hydrogen-bond acceptors (Lipinski definition) is 5. The first kappa shape index (κ1) is 22.1. The first-order valence-corrected chi connectivity index (χ1v) is 11.2. The molecule has 2 N–H and O–H groups in total. The molecule has 176 valence electrons. The van der Waals surface area contributed by atoms with Crippen LogP contribution in [0.3, 0.4) is 0 Å². The topological polar surface area (TPSA) is 105 Å². The van der Waals surface area contributed by atoms with Gasteiger partial charge in [-0.05, 0) is 49.1 Å². The minimum absolute atomic E-state index is 0.00384. The van der Waals surface area contributed by atoms with E-state index in [-0.39, 0.29) is 24.1 Å². The third-order valence-corrected chi connectivity index (χ3v) is 6.41. The van der Waals surface area contributed by atoms with Crippen LogP contribution in [0.2, 0.25) is 0 Å². The lowest BCUT2D eigenvalue weighted by Crippen LogP contribution is -2.34. The predicted octanol–water partition coefficient (Wildman–Crippen LogP) is 3.57. The van der Waals surface area contributed by atoms with Crippen molar-refractivity contribution in [1.29, 1.82) is 0 Å². The number of carbonyl (C=O) groups is 2. The Balaban J connectivity index is 1.45. The zero-order chi connectivity index (χ0) is 23.8. The summed E-state index contributed by atoms with van der Waals surface area (Å²) in [6, 6.07) is 9.06. The highest BCUT2D eigenvalue weighted by atomic mass is 19.1.